The van der Waals surface area contributed by atoms with Crippen molar-refractivity contribution in [1.29, 1.82) is 0 Å². The highest BCUT2D eigenvalue weighted by atomic mass is 32.1. The summed E-state index contributed by atoms with van der Waals surface area (Å²) in [4.78, 5) is 8.91. The first-order valence-electron chi connectivity index (χ1n) is 7.03. The molecule has 1 atom stereocenters. The lowest BCUT2D eigenvalue weighted by atomic mass is 9.94. The van der Waals surface area contributed by atoms with Gasteiger partial charge in [0.05, 0.1) is 23.4 Å². The normalized spacial score (nSPS) is 13.7. The maximum atomic E-state index is 5.77. The molecule has 2 aromatic heterocycles. The van der Waals surface area contributed by atoms with Crippen LogP contribution >= 0.6 is 11.3 Å². The van der Waals surface area contributed by atoms with Gasteiger partial charge in [-0.15, -0.1) is 11.3 Å². The van der Waals surface area contributed by atoms with Gasteiger partial charge >= 0.3 is 0 Å². The van der Waals surface area contributed by atoms with Crippen LogP contribution in [0.15, 0.2) is 16.0 Å². The molecule has 0 saturated carbocycles. The fourth-order valence-corrected chi connectivity index (χ4v) is 2.61. The smallest absolute Gasteiger partial charge is 0.208 e. The van der Waals surface area contributed by atoms with Gasteiger partial charge in [0.15, 0.2) is 0 Å². The van der Waals surface area contributed by atoms with Crippen LogP contribution in [0, 0.1) is 0 Å². The third kappa shape index (κ3) is 3.67. The van der Waals surface area contributed by atoms with Crippen molar-refractivity contribution >= 4 is 11.3 Å². The largest absolute Gasteiger partial charge is 0.444 e. The van der Waals surface area contributed by atoms with Gasteiger partial charge in [-0.3, -0.25) is 0 Å². The van der Waals surface area contributed by atoms with E-state index in [4.69, 9.17) is 4.42 Å². The van der Waals surface area contributed by atoms with E-state index < -0.39 is 0 Å². The van der Waals surface area contributed by atoms with Crippen LogP contribution in [0.4, 0.5) is 0 Å². The van der Waals surface area contributed by atoms with Crippen LogP contribution in [0.5, 0.6) is 0 Å². The number of oxazole rings is 1. The van der Waals surface area contributed by atoms with E-state index in [1.54, 1.807) is 11.3 Å². The molecule has 0 unspecified atom stereocenters. The molecule has 0 amide bonds. The summed E-state index contributed by atoms with van der Waals surface area (Å²) in [5.41, 5.74) is 1.09. The lowest BCUT2D eigenvalue weighted by molar-refractivity contribution is 0.367. The predicted octanol–water partition coefficient (Wildman–Crippen LogP) is 3.84. The number of hydrogen-bond donors (Lipinski definition) is 1. The first kappa shape index (κ1) is 15.2. The highest BCUT2D eigenvalue weighted by Crippen LogP contribution is 2.23. The molecule has 0 aromatic carbocycles. The molecule has 0 spiro atoms. The van der Waals surface area contributed by atoms with Crippen molar-refractivity contribution in [2.45, 2.75) is 59.0 Å². The maximum absolute atomic E-state index is 5.77. The van der Waals surface area contributed by atoms with E-state index in [0.717, 1.165) is 23.8 Å². The molecule has 1 N–H and O–H groups in total. The molecule has 0 fully saturated rings. The van der Waals surface area contributed by atoms with Crippen molar-refractivity contribution in [1.82, 2.24) is 15.3 Å². The van der Waals surface area contributed by atoms with Gasteiger partial charge in [0.2, 0.25) is 5.89 Å². The average molecular weight is 293 g/mol. The number of hydrogen-bond acceptors (Lipinski definition) is 5. The van der Waals surface area contributed by atoms with Gasteiger partial charge in [-0.05, 0) is 13.3 Å². The third-order valence-corrected chi connectivity index (χ3v) is 4.18. The SMILES string of the molecule is CCc1nc([C@H](C)NCc2ncc(C(C)(C)C)o2)cs1. The summed E-state index contributed by atoms with van der Waals surface area (Å²) in [6.07, 6.45) is 2.81. The Morgan fingerprint density at radius 2 is 2.15 bits per heavy atom. The lowest BCUT2D eigenvalue weighted by Crippen LogP contribution is -2.18. The first-order valence-corrected chi connectivity index (χ1v) is 7.91. The summed E-state index contributed by atoms with van der Waals surface area (Å²) >= 11 is 1.72. The zero-order valence-corrected chi connectivity index (χ0v) is 13.7. The summed E-state index contributed by atoms with van der Waals surface area (Å²) in [6, 6.07) is 0.205. The minimum absolute atomic E-state index is 0.00179. The summed E-state index contributed by atoms with van der Waals surface area (Å²) in [5.74, 6) is 1.65. The fraction of sp³-hybridized carbons (Fsp3) is 0.600. The van der Waals surface area contributed by atoms with E-state index in [9.17, 15) is 0 Å². The number of aryl methyl sites for hydroxylation is 1. The Kier molecular flexibility index (Phi) is 4.60. The van der Waals surface area contributed by atoms with Crippen molar-refractivity contribution in [3.05, 3.63) is 33.9 Å². The highest BCUT2D eigenvalue weighted by molar-refractivity contribution is 7.09. The molecule has 5 heteroatoms. The van der Waals surface area contributed by atoms with Crippen LogP contribution in [-0.2, 0) is 18.4 Å². The molecule has 0 radical (unpaired) electrons. The monoisotopic (exact) mass is 293 g/mol. The van der Waals surface area contributed by atoms with Gasteiger partial charge in [-0.2, -0.15) is 0 Å². The molecule has 20 heavy (non-hydrogen) atoms. The lowest BCUT2D eigenvalue weighted by Gasteiger charge is -2.13. The first-order chi connectivity index (χ1) is 9.40. The van der Waals surface area contributed by atoms with Gasteiger partial charge in [-0.25, -0.2) is 9.97 Å². The van der Waals surface area contributed by atoms with E-state index in [1.165, 1.54) is 5.01 Å². The Hall–Kier alpha value is -1.20. The second kappa shape index (κ2) is 6.06. The van der Waals surface area contributed by atoms with E-state index in [1.807, 2.05) is 6.20 Å². The van der Waals surface area contributed by atoms with Gasteiger partial charge in [0.1, 0.15) is 5.76 Å². The van der Waals surface area contributed by atoms with E-state index >= 15 is 0 Å². The summed E-state index contributed by atoms with van der Waals surface area (Å²) in [6.45, 7) is 11.2. The molecule has 0 aliphatic rings. The van der Waals surface area contributed by atoms with Crippen LogP contribution < -0.4 is 5.32 Å². The summed E-state index contributed by atoms with van der Waals surface area (Å²) < 4.78 is 5.77. The second-order valence-corrected chi connectivity index (χ2v) is 6.93. The van der Waals surface area contributed by atoms with Gasteiger partial charge in [0, 0.05) is 16.8 Å². The Bertz CT molecular complexity index is 553. The predicted molar refractivity (Wildman–Crippen MR) is 81.9 cm³/mol. The molecule has 0 bridgehead atoms. The van der Waals surface area contributed by atoms with Crippen LogP contribution in [0.1, 0.15) is 63.0 Å². The third-order valence-electron chi connectivity index (χ3n) is 3.17. The van der Waals surface area contributed by atoms with Crippen molar-refractivity contribution in [2.24, 2.45) is 0 Å². The zero-order chi connectivity index (χ0) is 14.8. The van der Waals surface area contributed by atoms with Crippen LogP contribution in [0.2, 0.25) is 0 Å². The van der Waals surface area contributed by atoms with Crippen molar-refractivity contribution < 1.29 is 4.42 Å². The number of rotatable bonds is 5. The minimum Gasteiger partial charge on any atom is -0.444 e. The van der Waals surface area contributed by atoms with E-state index in [0.29, 0.717) is 6.54 Å². The Balaban J connectivity index is 1.93. The van der Waals surface area contributed by atoms with Crippen molar-refractivity contribution in [2.75, 3.05) is 0 Å². The zero-order valence-electron chi connectivity index (χ0n) is 12.9. The molecule has 2 aromatic rings. The molecular formula is C15H23N3OS. The van der Waals surface area contributed by atoms with Gasteiger partial charge in [0.25, 0.3) is 0 Å². The van der Waals surface area contributed by atoms with E-state index in [-0.39, 0.29) is 11.5 Å². The molecule has 2 rings (SSSR count). The van der Waals surface area contributed by atoms with Crippen LogP contribution in [0.3, 0.4) is 0 Å². The quantitative estimate of drug-likeness (QED) is 0.910. The Labute approximate surface area is 124 Å². The molecule has 0 saturated heterocycles. The molecular weight excluding hydrogens is 270 g/mol. The topological polar surface area (TPSA) is 51.0 Å². The standard InChI is InChI=1S/C15H23N3OS/c1-6-14-18-11(9-20-14)10(2)16-8-13-17-7-12(19-13)15(3,4)5/h7,9-10,16H,6,8H2,1-5H3/t10-/m0/s1. The molecule has 2 heterocycles. The van der Waals surface area contributed by atoms with E-state index in [2.05, 4.69) is 55.3 Å². The fourth-order valence-electron chi connectivity index (χ4n) is 1.77. The van der Waals surface area contributed by atoms with Gasteiger partial charge < -0.3 is 9.73 Å². The van der Waals surface area contributed by atoms with Crippen LogP contribution in [-0.4, -0.2) is 9.97 Å². The molecule has 110 valence electrons. The number of thiazole rings is 1. The molecule has 0 aliphatic carbocycles. The number of nitrogens with one attached hydrogen (secondary N) is 1. The minimum atomic E-state index is 0.00179. The molecule has 4 nitrogen and oxygen atoms in total. The maximum Gasteiger partial charge on any atom is 0.208 e. The van der Waals surface area contributed by atoms with Crippen molar-refractivity contribution in [3.8, 4) is 0 Å². The second-order valence-electron chi connectivity index (χ2n) is 5.99. The van der Waals surface area contributed by atoms with Crippen LogP contribution in [0.25, 0.3) is 0 Å². The van der Waals surface area contributed by atoms with Gasteiger partial charge in [-0.1, -0.05) is 27.7 Å². The Morgan fingerprint density at radius 1 is 1.40 bits per heavy atom. The number of aromatic nitrogens is 2. The molecule has 0 aliphatic heterocycles. The summed E-state index contributed by atoms with van der Waals surface area (Å²) in [5, 5.41) is 6.70. The highest BCUT2D eigenvalue weighted by Gasteiger charge is 2.19. The Morgan fingerprint density at radius 3 is 2.70 bits per heavy atom. The average Bonchev–Trinajstić information content (AvgIpc) is 3.04. The number of nitrogens with zero attached hydrogens (tertiary/aromatic N) is 2. The summed E-state index contributed by atoms with van der Waals surface area (Å²) in [7, 11) is 0. The van der Waals surface area contributed by atoms with Crippen molar-refractivity contribution in [3.63, 3.8) is 0 Å².